The van der Waals surface area contributed by atoms with Crippen molar-refractivity contribution in [3.05, 3.63) is 29.8 Å². The summed E-state index contributed by atoms with van der Waals surface area (Å²) < 4.78 is 22.2. The van der Waals surface area contributed by atoms with Gasteiger partial charge in [-0.15, -0.1) is 5.92 Å². The molecule has 0 saturated carbocycles. The van der Waals surface area contributed by atoms with Gasteiger partial charge in [0.25, 0.3) is 0 Å². The number of fused-ring (bicyclic) bond motifs is 1. The number of piperidine rings is 1. The van der Waals surface area contributed by atoms with Crippen LogP contribution in [0, 0.1) is 11.8 Å². The van der Waals surface area contributed by atoms with Crippen LogP contribution in [-0.4, -0.2) is 96.9 Å². The van der Waals surface area contributed by atoms with Crippen molar-refractivity contribution in [2.75, 3.05) is 44.7 Å². The summed E-state index contributed by atoms with van der Waals surface area (Å²) in [4.78, 5) is 22.5. The summed E-state index contributed by atoms with van der Waals surface area (Å²) in [5.74, 6) is 7.31. The van der Waals surface area contributed by atoms with Gasteiger partial charge in [0.1, 0.15) is 19.1 Å². The summed E-state index contributed by atoms with van der Waals surface area (Å²) >= 11 is 0. The minimum atomic E-state index is -1.29. The molecule has 0 aromatic carbocycles. The molecule has 1 unspecified atom stereocenters. The maximum Gasteiger partial charge on any atom is 0.410 e. The fourth-order valence-electron chi connectivity index (χ4n) is 5.55. The molecule has 3 aromatic heterocycles. The van der Waals surface area contributed by atoms with Gasteiger partial charge in [0.15, 0.2) is 11.5 Å². The van der Waals surface area contributed by atoms with Crippen molar-refractivity contribution >= 4 is 33.7 Å². The Bertz CT molecular complexity index is 1580. The number of carbonyl (C=O) groups is 1. The molecule has 1 fully saturated rings. The zero-order valence-electron chi connectivity index (χ0n) is 31.1. The van der Waals surface area contributed by atoms with Gasteiger partial charge in [-0.05, 0) is 52.6 Å². The van der Waals surface area contributed by atoms with Crippen LogP contribution in [0.3, 0.4) is 0 Å². The van der Waals surface area contributed by atoms with Crippen molar-refractivity contribution in [3.8, 4) is 23.0 Å². The molecule has 4 rings (SSSR count). The second-order valence-corrected chi connectivity index (χ2v) is 27.5. The number of hydrogen-bond donors (Lipinski definition) is 0. The zero-order valence-corrected chi connectivity index (χ0v) is 33.1. The Morgan fingerprint density at radius 3 is 2.21 bits per heavy atom. The summed E-state index contributed by atoms with van der Waals surface area (Å²) in [5.41, 5.74) is 3.56. The topological polar surface area (TPSA) is 99.3 Å². The molecule has 1 amide bonds. The molecule has 1 aliphatic heterocycles. The maximum absolute atomic E-state index is 13.2. The summed E-state index contributed by atoms with van der Waals surface area (Å²) in [6, 6.07) is 2.12. The van der Waals surface area contributed by atoms with Crippen LogP contribution in [-0.2, 0) is 21.3 Å². The van der Waals surface area contributed by atoms with Crippen molar-refractivity contribution in [1.82, 2.24) is 29.3 Å². The summed E-state index contributed by atoms with van der Waals surface area (Å²) in [7, 11) is -0.684. The average Bonchev–Trinajstić information content (AvgIpc) is 3.60. The van der Waals surface area contributed by atoms with Crippen LogP contribution in [0.5, 0.6) is 0 Å². The molecule has 0 aliphatic carbocycles. The Hall–Kier alpha value is -3.19. The van der Waals surface area contributed by atoms with Gasteiger partial charge in [-0.2, -0.15) is 14.7 Å². The van der Waals surface area contributed by atoms with E-state index in [9.17, 15) is 4.79 Å². The molecule has 0 spiro atoms. The second-order valence-electron chi connectivity index (χ2n) is 16.3. The number of aromatic nitrogens is 5. The summed E-state index contributed by atoms with van der Waals surface area (Å²) in [5, 5.41) is 9.32. The van der Waals surface area contributed by atoms with Crippen LogP contribution in [0.15, 0.2) is 18.6 Å². The zero-order chi connectivity index (χ0) is 35.3. The average molecular weight is 696 g/mol. The molecule has 1 atom stereocenters. The molecule has 48 heavy (non-hydrogen) atoms. The first kappa shape index (κ1) is 37.6. The van der Waals surface area contributed by atoms with Gasteiger partial charge in [-0.3, -0.25) is 4.68 Å². The van der Waals surface area contributed by atoms with E-state index in [1.807, 2.05) is 62.7 Å². The second kappa shape index (κ2) is 15.6. The van der Waals surface area contributed by atoms with Gasteiger partial charge >= 0.3 is 6.09 Å². The molecule has 3 aromatic rings. The number of likely N-dealkylation sites (tertiary alicyclic amines) is 1. The fourth-order valence-corrected chi connectivity index (χ4v) is 7.06. The van der Waals surface area contributed by atoms with Crippen LogP contribution in [0.1, 0.15) is 57.7 Å². The quantitative estimate of drug-likeness (QED) is 0.0813. The van der Waals surface area contributed by atoms with Crippen LogP contribution in [0.25, 0.3) is 16.8 Å². The highest BCUT2D eigenvalue weighted by Gasteiger charge is 2.33. The fraction of sp³-hybridized carbons (Fsp3) is 0.657. The lowest BCUT2D eigenvalue weighted by Crippen LogP contribution is -2.42. The van der Waals surface area contributed by atoms with Crippen LogP contribution >= 0.6 is 0 Å². The Kier molecular flexibility index (Phi) is 12.2. The molecule has 0 N–H and O–H groups in total. The summed E-state index contributed by atoms with van der Waals surface area (Å²) in [6.07, 6.45) is 7.06. The van der Waals surface area contributed by atoms with E-state index in [-0.39, 0.29) is 12.0 Å². The number of anilines is 1. The predicted octanol–water partition coefficient (Wildman–Crippen LogP) is 7.05. The molecule has 11 nitrogen and oxygen atoms in total. The van der Waals surface area contributed by atoms with Crippen molar-refractivity contribution in [2.45, 2.75) is 103 Å². The smallest absolute Gasteiger partial charge is 0.410 e. The lowest BCUT2D eigenvalue weighted by Gasteiger charge is -2.35. The Morgan fingerprint density at radius 1 is 1.02 bits per heavy atom. The monoisotopic (exact) mass is 695 g/mol. The van der Waals surface area contributed by atoms with E-state index in [1.54, 1.807) is 4.68 Å². The molecular weight excluding hydrogens is 639 g/mol. The minimum Gasteiger partial charge on any atom is -0.444 e. The number of hydrogen-bond acceptors (Lipinski definition) is 8. The third-order valence-corrected chi connectivity index (χ3v) is 11.6. The van der Waals surface area contributed by atoms with Gasteiger partial charge < -0.3 is 24.0 Å². The molecule has 0 radical (unpaired) electrons. The first-order valence-electron chi connectivity index (χ1n) is 17.2. The van der Waals surface area contributed by atoms with Gasteiger partial charge in [-0.25, -0.2) is 9.78 Å². The molecule has 4 heterocycles. The number of carbonyl (C=O) groups excluding carboxylic acids is 1. The number of nitrogens with zero attached hydrogens (tertiary/aromatic N) is 7. The number of rotatable bonds is 13. The molecular formula is C35H57N7O4Si2. The highest BCUT2D eigenvalue weighted by atomic mass is 28.3. The molecule has 1 saturated heterocycles. The van der Waals surface area contributed by atoms with E-state index < -0.39 is 21.7 Å². The molecule has 0 bridgehead atoms. The van der Waals surface area contributed by atoms with E-state index in [4.69, 9.17) is 24.3 Å². The molecule has 1 aliphatic rings. The van der Waals surface area contributed by atoms with E-state index in [1.165, 1.54) is 0 Å². The Labute approximate surface area is 289 Å². The highest BCUT2D eigenvalue weighted by Crippen LogP contribution is 2.36. The highest BCUT2D eigenvalue weighted by molar-refractivity contribution is 6.76. The van der Waals surface area contributed by atoms with Crippen molar-refractivity contribution in [3.63, 3.8) is 0 Å². The Morgan fingerprint density at radius 2 is 1.67 bits per heavy atom. The lowest BCUT2D eigenvalue weighted by molar-refractivity contribution is 0.0197. The summed E-state index contributed by atoms with van der Waals surface area (Å²) in [6.45, 7) is 24.8. The van der Waals surface area contributed by atoms with E-state index in [0.29, 0.717) is 45.4 Å². The molecule has 264 valence electrons. The SMILES string of the molecule is CC#Cc1c(C2CCCN(C(=O)OC(C)(C)C)C2)nc2c(-c3cnn(C)c3)cnn2c1N(COCC[Si](C)(C)C)COCC[Si](C)(C)C. The number of amides is 1. The third-order valence-electron chi connectivity index (χ3n) is 8.16. The van der Waals surface area contributed by atoms with E-state index in [0.717, 1.165) is 53.1 Å². The minimum absolute atomic E-state index is 0.0509. The number of aryl methyl sites for hydroxylation is 1. The third kappa shape index (κ3) is 10.4. The number of ether oxygens (including phenoxy) is 3. The largest absolute Gasteiger partial charge is 0.444 e. The van der Waals surface area contributed by atoms with Crippen molar-refractivity contribution in [1.29, 1.82) is 0 Å². The standard InChI is InChI=1S/C35H57N7O4Si2/c1-12-14-29-31(27-15-13-16-40(24-27)34(43)46-35(2,3)4)38-32-30(28-21-36-39(5)23-28)22-37-42(32)33(29)41(25-44-17-19-47(6,7)8)26-45-18-20-48(9,10)11/h21-23,27H,13,15-20,24-26H2,1-11H3. The van der Waals surface area contributed by atoms with E-state index in [2.05, 4.69) is 61.1 Å². The maximum atomic E-state index is 13.2. The molecule has 13 heteroatoms. The van der Waals surface area contributed by atoms with Crippen molar-refractivity contribution in [2.24, 2.45) is 7.05 Å². The van der Waals surface area contributed by atoms with Gasteiger partial charge in [-0.1, -0.05) is 45.2 Å². The van der Waals surface area contributed by atoms with Gasteiger partial charge in [0.05, 0.1) is 23.7 Å². The van der Waals surface area contributed by atoms with Crippen LogP contribution in [0.4, 0.5) is 10.6 Å². The van der Waals surface area contributed by atoms with Crippen molar-refractivity contribution < 1.29 is 19.0 Å². The van der Waals surface area contributed by atoms with Crippen LogP contribution < -0.4 is 4.90 Å². The normalized spacial score (nSPS) is 15.8. The van der Waals surface area contributed by atoms with Gasteiger partial charge in [0, 0.05) is 72.7 Å². The first-order valence-corrected chi connectivity index (χ1v) is 24.6. The lowest BCUT2D eigenvalue weighted by atomic mass is 9.91. The van der Waals surface area contributed by atoms with E-state index >= 15 is 0 Å². The Balaban J connectivity index is 1.84. The van der Waals surface area contributed by atoms with Gasteiger partial charge in [0.2, 0.25) is 0 Å². The predicted molar refractivity (Wildman–Crippen MR) is 198 cm³/mol. The first-order chi connectivity index (χ1) is 22.5. The van der Waals surface area contributed by atoms with Crippen LogP contribution in [0.2, 0.25) is 51.4 Å².